The lowest BCUT2D eigenvalue weighted by molar-refractivity contribution is 0.705. The van der Waals surface area contributed by atoms with E-state index in [0.717, 1.165) is 24.0 Å². The van der Waals surface area contributed by atoms with Gasteiger partial charge in [-0.1, -0.05) is 110 Å². The van der Waals surface area contributed by atoms with E-state index in [4.69, 9.17) is 0 Å². The maximum Gasteiger partial charge on any atom is 0.0773 e. The lowest BCUT2D eigenvalue weighted by atomic mass is 9.98. The molecule has 1 heteroatoms. The zero-order valence-corrected chi connectivity index (χ0v) is 19.5. The summed E-state index contributed by atoms with van der Waals surface area (Å²) in [4.78, 5) is 0. The van der Waals surface area contributed by atoms with Crippen molar-refractivity contribution in [1.82, 2.24) is 4.57 Å². The van der Waals surface area contributed by atoms with Crippen LogP contribution in [0.3, 0.4) is 0 Å². The van der Waals surface area contributed by atoms with Gasteiger partial charge in [-0.3, -0.25) is 0 Å². The van der Waals surface area contributed by atoms with Crippen molar-refractivity contribution in [1.29, 1.82) is 0 Å². The first-order valence-corrected chi connectivity index (χ1v) is 11.8. The zero-order chi connectivity index (χ0) is 23.5. The van der Waals surface area contributed by atoms with E-state index in [1.807, 2.05) is 12.2 Å². The van der Waals surface area contributed by atoms with Crippen LogP contribution >= 0.6 is 0 Å². The summed E-state index contributed by atoms with van der Waals surface area (Å²) in [6.45, 7) is 12.0. The number of hydrogen-bond donors (Lipinski definition) is 0. The Kier molecular flexibility index (Phi) is 6.01. The van der Waals surface area contributed by atoms with Crippen LogP contribution in [0.25, 0.3) is 39.8 Å². The number of fused-ring (bicyclic) bond motifs is 3. The molecule has 1 atom stereocenters. The van der Waals surface area contributed by atoms with Gasteiger partial charge >= 0.3 is 0 Å². The zero-order valence-electron chi connectivity index (χ0n) is 19.5. The molecule has 0 radical (unpaired) electrons. The largest absolute Gasteiger partial charge is 0.330 e. The van der Waals surface area contributed by atoms with Gasteiger partial charge in [0.25, 0.3) is 0 Å². The molecule has 0 spiro atoms. The van der Waals surface area contributed by atoms with Crippen molar-refractivity contribution in [3.8, 4) is 11.1 Å². The van der Waals surface area contributed by atoms with Crippen LogP contribution in [0.15, 0.2) is 117 Å². The molecule has 3 aromatic carbocycles. The van der Waals surface area contributed by atoms with Gasteiger partial charge in [-0.2, -0.15) is 0 Å². The van der Waals surface area contributed by atoms with Crippen molar-refractivity contribution < 1.29 is 0 Å². The molecule has 0 amide bonds. The standard InChI is InChI=1S/C33H29N/c1-4-13-24(5-2)26-16-12-17-27(22-26)28-20-21-30-29-18-10-11-19-32(29)34(33(30)23-28)31(6-3)25-14-8-7-9-15-25/h4-9,12-23,31H,1-3,10-11H2/b24-13+. The second-order valence-electron chi connectivity index (χ2n) is 8.62. The highest BCUT2D eigenvalue weighted by Crippen LogP contribution is 2.29. The predicted octanol–water partition coefficient (Wildman–Crippen LogP) is 7.19. The van der Waals surface area contributed by atoms with Crippen molar-refractivity contribution in [3.63, 3.8) is 0 Å². The Morgan fingerprint density at radius 2 is 1.62 bits per heavy atom. The summed E-state index contributed by atoms with van der Waals surface area (Å²) in [5, 5.41) is 3.93. The molecule has 0 bridgehead atoms. The Bertz CT molecular complexity index is 1540. The number of hydrogen-bond acceptors (Lipinski definition) is 0. The first-order chi connectivity index (χ1) is 16.7. The predicted molar refractivity (Wildman–Crippen MR) is 148 cm³/mol. The van der Waals surface area contributed by atoms with Crippen molar-refractivity contribution in [2.75, 3.05) is 0 Å². The van der Waals surface area contributed by atoms with E-state index in [0.29, 0.717) is 0 Å². The third-order valence-electron chi connectivity index (χ3n) is 6.62. The summed E-state index contributed by atoms with van der Waals surface area (Å²) in [7, 11) is 0. The molecule has 1 nitrogen and oxygen atoms in total. The minimum Gasteiger partial charge on any atom is -0.330 e. The van der Waals surface area contributed by atoms with Crippen molar-refractivity contribution >= 4 is 28.6 Å². The van der Waals surface area contributed by atoms with Gasteiger partial charge in [-0.05, 0) is 52.8 Å². The molecule has 0 aliphatic heterocycles. The van der Waals surface area contributed by atoms with Crippen LogP contribution in [0.2, 0.25) is 0 Å². The highest BCUT2D eigenvalue weighted by Gasteiger charge is 2.17. The van der Waals surface area contributed by atoms with Gasteiger partial charge in [0.1, 0.15) is 0 Å². The molecule has 1 heterocycles. The van der Waals surface area contributed by atoms with Gasteiger partial charge in [0, 0.05) is 16.0 Å². The summed E-state index contributed by atoms with van der Waals surface area (Å²) in [5.41, 5.74) is 7.07. The molecule has 1 aromatic heterocycles. The number of benzene rings is 3. The maximum atomic E-state index is 4.22. The van der Waals surface area contributed by atoms with E-state index < -0.39 is 0 Å². The molecule has 5 rings (SSSR count). The molecule has 34 heavy (non-hydrogen) atoms. The highest BCUT2D eigenvalue weighted by atomic mass is 15.0. The lowest BCUT2D eigenvalue weighted by Crippen LogP contribution is -2.33. The van der Waals surface area contributed by atoms with Crippen LogP contribution in [0.1, 0.15) is 30.0 Å². The smallest absolute Gasteiger partial charge is 0.0773 e. The van der Waals surface area contributed by atoms with Gasteiger partial charge in [-0.15, -0.1) is 6.58 Å². The summed E-state index contributed by atoms with van der Waals surface area (Å²) in [6, 6.07) is 26.2. The molecule has 1 unspecified atom stereocenters. The molecule has 0 N–H and O–H groups in total. The molecule has 0 saturated heterocycles. The molecule has 1 aliphatic rings. The fourth-order valence-electron chi connectivity index (χ4n) is 5.03. The van der Waals surface area contributed by atoms with Gasteiger partial charge in [0.2, 0.25) is 0 Å². The molecule has 4 aromatic rings. The number of aromatic nitrogens is 1. The van der Waals surface area contributed by atoms with Gasteiger partial charge in [-0.25, -0.2) is 0 Å². The molecule has 166 valence electrons. The van der Waals surface area contributed by atoms with E-state index in [1.165, 1.54) is 38.2 Å². The monoisotopic (exact) mass is 439 g/mol. The first-order valence-electron chi connectivity index (χ1n) is 11.8. The fourth-order valence-corrected chi connectivity index (χ4v) is 5.03. The van der Waals surface area contributed by atoms with Gasteiger partial charge in [0.05, 0.1) is 11.6 Å². The number of allylic oxidation sites excluding steroid dienone is 5. The van der Waals surface area contributed by atoms with Crippen molar-refractivity contribution in [2.24, 2.45) is 0 Å². The van der Waals surface area contributed by atoms with E-state index in [-0.39, 0.29) is 6.04 Å². The van der Waals surface area contributed by atoms with E-state index in [9.17, 15) is 0 Å². The normalized spacial score (nSPS) is 13.9. The summed E-state index contributed by atoms with van der Waals surface area (Å²) in [5.74, 6) is 0. The Hall–Kier alpha value is -4.10. The van der Waals surface area contributed by atoms with Crippen LogP contribution in [0.4, 0.5) is 0 Å². The van der Waals surface area contributed by atoms with Gasteiger partial charge < -0.3 is 4.57 Å². The Morgan fingerprint density at radius 3 is 2.38 bits per heavy atom. The third-order valence-corrected chi connectivity index (χ3v) is 6.62. The molecule has 0 saturated carbocycles. The highest BCUT2D eigenvalue weighted by molar-refractivity contribution is 5.88. The fraction of sp³-hybridized carbons (Fsp3) is 0.0909. The third kappa shape index (κ3) is 3.80. The Balaban J connectivity index is 1.74. The van der Waals surface area contributed by atoms with Gasteiger partial charge in [0.15, 0.2) is 0 Å². The van der Waals surface area contributed by atoms with Crippen molar-refractivity contribution in [3.05, 3.63) is 139 Å². The van der Waals surface area contributed by atoms with Crippen LogP contribution in [0, 0.1) is 0 Å². The average molecular weight is 440 g/mol. The van der Waals surface area contributed by atoms with Crippen LogP contribution in [-0.4, -0.2) is 4.57 Å². The number of rotatable bonds is 7. The number of nitrogens with zero attached hydrogens (tertiary/aromatic N) is 1. The Morgan fingerprint density at radius 1 is 0.824 bits per heavy atom. The molecule has 0 fully saturated rings. The van der Waals surface area contributed by atoms with E-state index >= 15 is 0 Å². The minimum atomic E-state index is 0.0691. The van der Waals surface area contributed by atoms with Crippen LogP contribution < -0.4 is 10.6 Å². The van der Waals surface area contributed by atoms with Crippen molar-refractivity contribution in [2.45, 2.75) is 18.9 Å². The van der Waals surface area contributed by atoms with E-state index in [1.54, 1.807) is 6.08 Å². The molecular formula is C33H29N. The summed E-state index contributed by atoms with van der Waals surface area (Å²) < 4.78 is 2.46. The molecule has 1 aliphatic carbocycles. The summed E-state index contributed by atoms with van der Waals surface area (Å²) in [6.07, 6.45) is 14.6. The summed E-state index contributed by atoms with van der Waals surface area (Å²) >= 11 is 0. The maximum absolute atomic E-state index is 4.22. The lowest BCUT2D eigenvalue weighted by Gasteiger charge is -2.18. The molecular weight excluding hydrogens is 410 g/mol. The van der Waals surface area contributed by atoms with E-state index in [2.05, 4.69) is 115 Å². The van der Waals surface area contributed by atoms with Crippen LogP contribution in [-0.2, 0) is 0 Å². The topological polar surface area (TPSA) is 4.93 Å². The average Bonchev–Trinajstić information content (AvgIpc) is 3.22. The first kappa shape index (κ1) is 21.7. The SMILES string of the molecule is C=C/C=C(\C=C)c1cccc(-c2ccc3c4c(n(C(C=C)c5ccccc5)c3c2)=CCCC=4)c1. The second-order valence-corrected chi connectivity index (χ2v) is 8.62. The quantitative estimate of drug-likeness (QED) is 0.212. The second kappa shape index (κ2) is 9.41. The van der Waals surface area contributed by atoms with Crippen LogP contribution in [0.5, 0.6) is 0 Å². The minimum absolute atomic E-state index is 0.0691. The Labute approximate surface area is 201 Å².